The summed E-state index contributed by atoms with van der Waals surface area (Å²) < 4.78 is 5.38. The molecule has 20 heavy (non-hydrogen) atoms. The van der Waals surface area contributed by atoms with Crippen LogP contribution in [0.1, 0.15) is 18.3 Å². The predicted molar refractivity (Wildman–Crippen MR) is 78.7 cm³/mol. The number of nitrogens with two attached hydrogens (primary N) is 1. The Labute approximate surface area is 116 Å². The van der Waals surface area contributed by atoms with E-state index in [1.165, 1.54) is 0 Å². The zero-order chi connectivity index (χ0) is 13.9. The summed E-state index contributed by atoms with van der Waals surface area (Å²) in [5.74, 6) is 1.48. The first-order chi connectivity index (χ1) is 9.74. The minimum absolute atomic E-state index is 0.598. The maximum Gasteiger partial charge on any atom is 0.215 e. The van der Waals surface area contributed by atoms with E-state index in [2.05, 4.69) is 15.0 Å². The molecule has 0 aliphatic carbocycles. The van der Waals surface area contributed by atoms with Crippen molar-refractivity contribution in [3.63, 3.8) is 0 Å². The lowest BCUT2D eigenvalue weighted by Crippen LogP contribution is -1.94. The molecule has 0 bridgehead atoms. The molecule has 0 saturated carbocycles. The lowest BCUT2D eigenvalue weighted by Gasteiger charge is -1.99. The normalized spacial score (nSPS) is 10.8. The van der Waals surface area contributed by atoms with E-state index in [4.69, 9.17) is 10.5 Å². The molecule has 0 unspecified atom stereocenters. The van der Waals surface area contributed by atoms with Crippen LogP contribution in [0.25, 0.3) is 11.2 Å². The van der Waals surface area contributed by atoms with Crippen LogP contribution in [0.5, 0.6) is 5.88 Å². The van der Waals surface area contributed by atoms with Crippen LogP contribution in [0.15, 0.2) is 36.4 Å². The lowest BCUT2D eigenvalue weighted by atomic mass is 10.1. The van der Waals surface area contributed by atoms with Gasteiger partial charge in [0.2, 0.25) is 5.88 Å². The highest BCUT2D eigenvalue weighted by Crippen LogP contribution is 2.16. The first-order valence-electron chi connectivity index (χ1n) is 6.57. The van der Waals surface area contributed by atoms with E-state index in [0.717, 1.165) is 29.0 Å². The van der Waals surface area contributed by atoms with Gasteiger partial charge in [0.25, 0.3) is 0 Å². The van der Waals surface area contributed by atoms with Gasteiger partial charge in [0.1, 0.15) is 5.82 Å². The molecule has 0 radical (unpaired) electrons. The number of nitrogens with zero attached hydrogens (tertiary/aromatic N) is 2. The standard InChI is InChI=1S/C15H16N4O/c1-2-20-14-8-7-12-15(19-14)18-13(17-12)9-10-3-5-11(16)6-4-10/h3-8H,2,9,16H2,1H3,(H,17,18,19). The minimum Gasteiger partial charge on any atom is -0.478 e. The summed E-state index contributed by atoms with van der Waals surface area (Å²) in [4.78, 5) is 12.1. The summed E-state index contributed by atoms with van der Waals surface area (Å²) >= 11 is 0. The number of hydrogen-bond donors (Lipinski definition) is 2. The molecule has 0 atom stereocenters. The van der Waals surface area contributed by atoms with E-state index in [0.29, 0.717) is 18.1 Å². The van der Waals surface area contributed by atoms with E-state index >= 15 is 0 Å². The Hall–Kier alpha value is -2.56. The van der Waals surface area contributed by atoms with Gasteiger partial charge in [-0.2, -0.15) is 4.98 Å². The number of fused-ring (bicyclic) bond motifs is 1. The van der Waals surface area contributed by atoms with Crippen LogP contribution < -0.4 is 10.5 Å². The van der Waals surface area contributed by atoms with Gasteiger partial charge in [0.05, 0.1) is 12.1 Å². The van der Waals surface area contributed by atoms with Gasteiger partial charge in [0.15, 0.2) is 5.65 Å². The molecular formula is C15H16N4O. The fourth-order valence-corrected chi connectivity index (χ4v) is 2.07. The third-order valence-corrected chi connectivity index (χ3v) is 3.01. The monoisotopic (exact) mass is 268 g/mol. The lowest BCUT2D eigenvalue weighted by molar-refractivity contribution is 0.328. The Morgan fingerprint density at radius 2 is 1.90 bits per heavy atom. The fraction of sp³-hybridized carbons (Fsp3) is 0.200. The molecule has 2 heterocycles. The Morgan fingerprint density at radius 3 is 2.65 bits per heavy atom. The largest absolute Gasteiger partial charge is 0.478 e. The molecular weight excluding hydrogens is 252 g/mol. The number of nitrogen functional groups attached to an aromatic ring is 1. The number of imidazole rings is 1. The summed E-state index contributed by atoms with van der Waals surface area (Å²) in [6.07, 6.45) is 0.723. The number of H-pyrrole nitrogens is 1. The van der Waals surface area contributed by atoms with Gasteiger partial charge in [-0.1, -0.05) is 12.1 Å². The van der Waals surface area contributed by atoms with Crippen molar-refractivity contribution in [1.29, 1.82) is 0 Å². The van der Waals surface area contributed by atoms with E-state index < -0.39 is 0 Å². The Balaban J connectivity index is 1.86. The number of aromatic nitrogens is 3. The van der Waals surface area contributed by atoms with Gasteiger partial charge < -0.3 is 15.5 Å². The van der Waals surface area contributed by atoms with Gasteiger partial charge in [-0.15, -0.1) is 0 Å². The predicted octanol–water partition coefficient (Wildman–Crippen LogP) is 2.53. The SMILES string of the molecule is CCOc1ccc2[nH]c(Cc3ccc(N)cc3)nc2n1. The molecule has 102 valence electrons. The smallest absolute Gasteiger partial charge is 0.215 e. The van der Waals surface area contributed by atoms with Crippen molar-refractivity contribution in [3.05, 3.63) is 47.8 Å². The second-order valence-corrected chi connectivity index (χ2v) is 4.56. The third-order valence-electron chi connectivity index (χ3n) is 3.01. The van der Waals surface area contributed by atoms with Crippen LogP contribution in [-0.4, -0.2) is 21.6 Å². The van der Waals surface area contributed by atoms with Crippen LogP contribution in [-0.2, 0) is 6.42 Å². The molecule has 2 aromatic heterocycles. The Morgan fingerprint density at radius 1 is 1.10 bits per heavy atom. The quantitative estimate of drug-likeness (QED) is 0.713. The molecule has 1 aromatic carbocycles. The number of benzene rings is 1. The van der Waals surface area contributed by atoms with Crippen LogP contribution in [0.4, 0.5) is 5.69 Å². The van der Waals surface area contributed by atoms with Crippen LogP contribution in [0, 0.1) is 0 Å². The average Bonchev–Trinajstić information content (AvgIpc) is 2.83. The maximum atomic E-state index is 5.68. The van der Waals surface area contributed by atoms with E-state index in [1.54, 1.807) is 0 Å². The zero-order valence-corrected chi connectivity index (χ0v) is 11.3. The number of ether oxygens (including phenoxy) is 1. The summed E-state index contributed by atoms with van der Waals surface area (Å²) in [6.45, 7) is 2.53. The van der Waals surface area contributed by atoms with Gasteiger partial charge in [-0.3, -0.25) is 0 Å². The molecule has 0 aliphatic heterocycles. The number of hydrogen-bond acceptors (Lipinski definition) is 4. The van der Waals surface area contributed by atoms with Crippen molar-refractivity contribution in [1.82, 2.24) is 15.0 Å². The summed E-state index contributed by atoms with van der Waals surface area (Å²) in [7, 11) is 0. The average molecular weight is 268 g/mol. The van der Waals surface area contributed by atoms with Crippen LogP contribution in [0.3, 0.4) is 0 Å². The van der Waals surface area contributed by atoms with Gasteiger partial charge in [-0.05, 0) is 30.7 Å². The molecule has 5 heteroatoms. The van der Waals surface area contributed by atoms with Gasteiger partial charge >= 0.3 is 0 Å². The molecule has 3 N–H and O–H groups in total. The zero-order valence-electron chi connectivity index (χ0n) is 11.3. The van der Waals surface area contributed by atoms with Crippen molar-refractivity contribution in [2.45, 2.75) is 13.3 Å². The Kier molecular flexibility index (Phi) is 3.25. The fourth-order valence-electron chi connectivity index (χ4n) is 2.07. The van der Waals surface area contributed by atoms with Crippen molar-refractivity contribution in [2.24, 2.45) is 0 Å². The minimum atomic E-state index is 0.598. The first-order valence-corrected chi connectivity index (χ1v) is 6.57. The molecule has 0 spiro atoms. The second-order valence-electron chi connectivity index (χ2n) is 4.56. The first kappa shape index (κ1) is 12.5. The summed E-state index contributed by atoms with van der Waals surface area (Å²) in [6, 6.07) is 11.6. The van der Waals surface area contributed by atoms with Crippen molar-refractivity contribution in [2.75, 3.05) is 12.3 Å². The Bertz CT molecular complexity index is 718. The van der Waals surface area contributed by atoms with Gasteiger partial charge in [-0.25, -0.2) is 4.98 Å². The molecule has 3 rings (SSSR count). The molecule has 0 saturated heterocycles. The number of nitrogens with one attached hydrogen (secondary N) is 1. The van der Waals surface area contributed by atoms with Crippen LogP contribution >= 0.6 is 0 Å². The van der Waals surface area contributed by atoms with Crippen LogP contribution in [0.2, 0.25) is 0 Å². The van der Waals surface area contributed by atoms with E-state index in [1.807, 2.05) is 43.3 Å². The summed E-state index contributed by atoms with van der Waals surface area (Å²) in [5.41, 5.74) is 9.20. The number of pyridine rings is 1. The van der Waals surface area contributed by atoms with E-state index in [9.17, 15) is 0 Å². The van der Waals surface area contributed by atoms with Gasteiger partial charge in [0, 0.05) is 18.2 Å². The van der Waals surface area contributed by atoms with Crippen molar-refractivity contribution < 1.29 is 4.74 Å². The molecule has 5 nitrogen and oxygen atoms in total. The van der Waals surface area contributed by atoms with E-state index in [-0.39, 0.29) is 0 Å². The van der Waals surface area contributed by atoms with Crippen molar-refractivity contribution in [3.8, 4) is 5.88 Å². The highest BCUT2D eigenvalue weighted by molar-refractivity contribution is 5.71. The van der Waals surface area contributed by atoms with Crippen molar-refractivity contribution >= 4 is 16.9 Å². The molecule has 0 amide bonds. The second kappa shape index (κ2) is 5.21. The number of anilines is 1. The number of aromatic amines is 1. The third kappa shape index (κ3) is 2.56. The number of rotatable bonds is 4. The molecule has 0 fully saturated rings. The topological polar surface area (TPSA) is 76.8 Å². The molecule has 0 aliphatic rings. The highest BCUT2D eigenvalue weighted by Gasteiger charge is 2.06. The highest BCUT2D eigenvalue weighted by atomic mass is 16.5. The maximum absolute atomic E-state index is 5.68. The molecule has 3 aromatic rings. The summed E-state index contributed by atoms with van der Waals surface area (Å²) in [5, 5.41) is 0.